The van der Waals surface area contributed by atoms with Crippen LogP contribution in [-0.2, 0) is 6.42 Å². The zero-order valence-corrected chi connectivity index (χ0v) is 11.5. The van der Waals surface area contributed by atoms with Crippen LogP contribution in [0.15, 0.2) is 29.3 Å². The van der Waals surface area contributed by atoms with Crippen LogP contribution < -0.4 is 10.6 Å². The van der Waals surface area contributed by atoms with E-state index in [1.807, 2.05) is 7.05 Å². The highest BCUT2D eigenvalue weighted by Crippen LogP contribution is 2.33. The van der Waals surface area contributed by atoms with Gasteiger partial charge in [0.2, 0.25) is 0 Å². The van der Waals surface area contributed by atoms with Crippen LogP contribution in [-0.4, -0.2) is 25.6 Å². The summed E-state index contributed by atoms with van der Waals surface area (Å²) in [6.07, 6.45) is 2.29. The van der Waals surface area contributed by atoms with Gasteiger partial charge in [0, 0.05) is 25.6 Å². The lowest BCUT2D eigenvalue weighted by Gasteiger charge is -2.31. The first kappa shape index (κ1) is 12.9. The van der Waals surface area contributed by atoms with Crippen LogP contribution in [0, 0.1) is 0 Å². The Bertz CT molecular complexity index is 426. The minimum Gasteiger partial charge on any atom is -0.356 e. The monoisotopic (exact) mass is 245 g/mol. The van der Waals surface area contributed by atoms with E-state index in [4.69, 9.17) is 0 Å². The Hall–Kier alpha value is -1.51. The molecule has 18 heavy (non-hydrogen) atoms. The molecule has 0 bridgehead atoms. The van der Waals surface area contributed by atoms with Gasteiger partial charge in [-0.3, -0.25) is 4.99 Å². The van der Waals surface area contributed by atoms with Crippen LogP contribution >= 0.6 is 0 Å². The van der Waals surface area contributed by atoms with Gasteiger partial charge in [-0.15, -0.1) is 0 Å². The SMILES string of the molecule is CCC(C)NC(=NC)NCC1Cc2ccccc21. The Labute approximate surface area is 110 Å². The zero-order chi connectivity index (χ0) is 13.0. The molecule has 0 spiro atoms. The van der Waals surface area contributed by atoms with Gasteiger partial charge in [-0.1, -0.05) is 31.2 Å². The summed E-state index contributed by atoms with van der Waals surface area (Å²) in [5, 5.41) is 6.80. The molecule has 0 saturated heterocycles. The number of fused-ring (bicyclic) bond motifs is 1. The van der Waals surface area contributed by atoms with Gasteiger partial charge in [-0.05, 0) is 30.9 Å². The number of aliphatic imine (C=N–C) groups is 1. The van der Waals surface area contributed by atoms with Crippen LogP contribution in [0.1, 0.15) is 37.3 Å². The van der Waals surface area contributed by atoms with Crippen LogP contribution in [0.2, 0.25) is 0 Å². The number of nitrogens with zero attached hydrogens (tertiary/aromatic N) is 1. The Balaban J connectivity index is 1.82. The van der Waals surface area contributed by atoms with Gasteiger partial charge in [0.05, 0.1) is 0 Å². The highest BCUT2D eigenvalue weighted by Gasteiger charge is 2.25. The molecule has 3 nitrogen and oxygen atoms in total. The molecule has 0 amide bonds. The Morgan fingerprint density at radius 1 is 1.44 bits per heavy atom. The molecule has 0 radical (unpaired) electrons. The second-order valence-corrected chi connectivity index (χ2v) is 5.01. The van der Waals surface area contributed by atoms with Crippen molar-refractivity contribution in [2.45, 2.75) is 38.6 Å². The van der Waals surface area contributed by atoms with Gasteiger partial charge in [-0.25, -0.2) is 0 Å². The van der Waals surface area contributed by atoms with Gasteiger partial charge in [0.25, 0.3) is 0 Å². The topological polar surface area (TPSA) is 36.4 Å². The van der Waals surface area contributed by atoms with Crippen molar-refractivity contribution >= 4 is 5.96 Å². The van der Waals surface area contributed by atoms with Crippen LogP contribution in [0.3, 0.4) is 0 Å². The fourth-order valence-corrected chi connectivity index (χ4v) is 2.29. The van der Waals surface area contributed by atoms with E-state index in [0.29, 0.717) is 12.0 Å². The molecule has 98 valence electrons. The smallest absolute Gasteiger partial charge is 0.191 e. The first-order valence-corrected chi connectivity index (χ1v) is 6.79. The molecule has 3 heteroatoms. The molecular formula is C15H23N3. The number of nitrogens with one attached hydrogen (secondary N) is 2. The first-order valence-electron chi connectivity index (χ1n) is 6.79. The van der Waals surface area contributed by atoms with Crippen molar-refractivity contribution in [3.05, 3.63) is 35.4 Å². The predicted octanol–water partition coefficient (Wildman–Crippen LogP) is 2.29. The van der Waals surface area contributed by atoms with Crippen molar-refractivity contribution in [2.24, 2.45) is 4.99 Å². The van der Waals surface area contributed by atoms with Crippen molar-refractivity contribution in [2.75, 3.05) is 13.6 Å². The number of benzene rings is 1. The van der Waals surface area contributed by atoms with E-state index >= 15 is 0 Å². The van der Waals surface area contributed by atoms with E-state index in [0.717, 1.165) is 18.9 Å². The first-order chi connectivity index (χ1) is 8.74. The van der Waals surface area contributed by atoms with E-state index in [9.17, 15) is 0 Å². The largest absolute Gasteiger partial charge is 0.356 e. The molecule has 0 fully saturated rings. The summed E-state index contributed by atoms with van der Waals surface area (Å²) < 4.78 is 0. The maximum Gasteiger partial charge on any atom is 0.191 e. The minimum absolute atomic E-state index is 0.463. The molecule has 1 aliphatic carbocycles. The molecule has 0 heterocycles. The quantitative estimate of drug-likeness (QED) is 0.631. The third-order valence-electron chi connectivity index (χ3n) is 3.70. The number of hydrogen-bond donors (Lipinski definition) is 2. The zero-order valence-electron chi connectivity index (χ0n) is 11.5. The lowest BCUT2D eigenvalue weighted by molar-refractivity contribution is 0.570. The summed E-state index contributed by atoms with van der Waals surface area (Å²) in [4.78, 5) is 4.26. The Kier molecular flexibility index (Phi) is 4.24. The fourth-order valence-electron chi connectivity index (χ4n) is 2.29. The summed E-state index contributed by atoms with van der Waals surface area (Å²) in [6, 6.07) is 9.15. The van der Waals surface area contributed by atoms with E-state index in [1.165, 1.54) is 17.5 Å². The summed E-state index contributed by atoms with van der Waals surface area (Å²) in [7, 11) is 1.83. The number of rotatable bonds is 4. The molecule has 1 aromatic rings. The third-order valence-corrected chi connectivity index (χ3v) is 3.70. The van der Waals surface area contributed by atoms with Crippen molar-refractivity contribution in [1.29, 1.82) is 0 Å². The normalized spacial score (nSPS) is 19.7. The number of hydrogen-bond acceptors (Lipinski definition) is 1. The molecule has 2 rings (SSSR count). The lowest BCUT2D eigenvalue weighted by Crippen LogP contribution is -2.44. The van der Waals surface area contributed by atoms with Gasteiger partial charge < -0.3 is 10.6 Å². The lowest BCUT2D eigenvalue weighted by atomic mass is 9.78. The Morgan fingerprint density at radius 3 is 2.89 bits per heavy atom. The fraction of sp³-hybridized carbons (Fsp3) is 0.533. The molecule has 1 aromatic carbocycles. The second kappa shape index (κ2) is 5.89. The minimum atomic E-state index is 0.463. The van der Waals surface area contributed by atoms with E-state index in [2.05, 4.69) is 53.7 Å². The molecule has 2 atom stereocenters. The average molecular weight is 245 g/mol. The molecule has 2 unspecified atom stereocenters. The highest BCUT2D eigenvalue weighted by atomic mass is 15.2. The maximum atomic E-state index is 4.26. The molecule has 1 aliphatic rings. The van der Waals surface area contributed by atoms with E-state index in [-0.39, 0.29) is 0 Å². The molecule has 0 aliphatic heterocycles. The van der Waals surface area contributed by atoms with Gasteiger partial charge in [-0.2, -0.15) is 0 Å². The van der Waals surface area contributed by atoms with Crippen molar-refractivity contribution in [3.63, 3.8) is 0 Å². The summed E-state index contributed by atoms with van der Waals surface area (Å²) in [5.41, 5.74) is 2.98. The van der Waals surface area contributed by atoms with Gasteiger partial charge in [0.15, 0.2) is 5.96 Å². The van der Waals surface area contributed by atoms with Crippen molar-refractivity contribution in [1.82, 2.24) is 10.6 Å². The van der Waals surface area contributed by atoms with Crippen LogP contribution in [0.5, 0.6) is 0 Å². The van der Waals surface area contributed by atoms with Gasteiger partial charge in [0.1, 0.15) is 0 Å². The third kappa shape index (κ3) is 2.84. The summed E-state index contributed by atoms with van der Waals surface area (Å²) in [5.74, 6) is 1.55. The molecule has 0 saturated carbocycles. The maximum absolute atomic E-state index is 4.26. The van der Waals surface area contributed by atoms with Crippen LogP contribution in [0.25, 0.3) is 0 Å². The van der Waals surface area contributed by atoms with Gasteiger partial charge >= 0.3 is 0 Å². The highest BCUT2D eigenvalue weighted by molar-refractivity contribution is 5.80. The Morgan fingerprint density at radius 2 is 2.22 bits per heavy atom. The van der Waals surface area contributed by atoms with Crippen molar-refractivity contribution in [3.8, 4) is 0 Å². The van der Waals surface area contributed by atoms with Crippen molar-refractivity contribution < 1.29 is 0 Å². The number of guanidine groups is 1. The molecular weight excluding hydrogens is 222 g/mol. The van der Waals surface area contributed by atoms with Crippen LogP contribution in [0.4, 0.5) is 0 Å². The van der Waals surface area contributed by atoms with E-state index < -0.39 is 0 Å². The summed E-state index contributed by atoms with van der Waals surface area (Å²) in [6.45, 7) is 5.31. The summed E-state index contributed by atoms with van der Waals surface area (Å²) >= 11 is 0. The molecule has 2 N–H and O–H groups in total. The average Bonchev–Trinajstić information content (AvgIpc) is 2.38. The predicted molar refractivity (Wildman–Crippen MR) is 77.1 cm³/mol. The van der Waals surface area contributed by atoms with E-state index in [1.54, 1.807) is 0 Å². The molecule has 0 aromatic heterocycles. The standard InChI is InChI=1S/C15H23N3/c1-4-11(2)18-15(16-3)17-10-13-9-12-7-5-6-8-14(12)13/h5-8,11,13H,4,9-10H2,1-3H3,(H2,16,17,18). The second-order valence-electron chi connectivity index (χ2n) is 5.01.